The highest BCUT2D eigenvalue weighted by Crippen LogP contribution is 2.26. The van der Waals surface area contributed by atoms with Gasteiger partial charge in [-0.15, -0.1) is 0 Å². The highest BCUT2D eigenvalue weighted by atomic mass is 35.5. The molecule has 184 valence electrons. The largest absolute Gasteiger partial charge is 0.353 e. The second-order valence-corrected chi connectivity index (χ2v) is 10.5. The molecule has 2 aromatic heterocycles. The minimum atomic E-state index is -3.96. The van der Waals surface area contributed by atoms with Gasteiger partial charge in [-0.2, -0.15) is 4.98 Å². The number of sulfonamides is 1. The minimum Gasteiger partial charge on any atom is -0.353 e. The molecule has 0 spiro atoms. The summed E-state index contributed by atoms with van der Waals surface area (Å²) in [5.74, 6) is 0.501. The van der Waals surface area contributed by atoms with Gasteiger partial charge in [-0.05, 0) is 44.4 Å². The Morgan fingerprint density at radius 3 is 2.35 bits per heavy atom. The fourth-order valence-corrected chi connectivity index (χ4v) is 5.72. The molecule has 0 bridgehead atoms. The van der Waals surface area contributed by atoms with Crippen molar-refractivity contribution in [1.29, 1.82) is 0 Å². The highest BCUT2D eigenvalue weighted by molar-refractivity contribution is 7.89. The standard InChI is InChI=1S/C22H29ClN6O4S/c1-3-27-19-18(20(30)28(4-2)22(27)31)29(21(26-19)25-15-8-6-5-7-9-15)13-14-10-11-17(16(23)12-14)34(24,32)33/h10-12,15H,3-9,13H2,1-2H3,(H,25,26)(H2,24,32,33). The van der Waals surface area contributed by atoms with E-state index in [1.807, 2.05) is 6.92 Å². The molecule has 1 aliphatic rings. The first kappa shape index (κ1) is 24.5. The number of rotatable bonds is 7. The molecule has 1 aromatic carbocycles. The van der Waals surface area contributed by atoms with E-state index in [4.69, 9.17) is 21.7 Å². The SMILES string of the molecule is CCn1c(=O)c2c(nc(NC3CCCCC3)n2Cc2ccc(S(N)(=O)=O)c(Cl)c2)n(CC)c1=O. The summed E-state index contributed by atoms with van der Waals surface area (Å²) in [6, 6.07) is 4.70. The first-order chi connectivity index (χ1) is 16.2. The topological polar surface area (TPSA) is 134 Å². The van der Waals surface area contributed by atoms with Gasteiger partial charge >= 0.3 is 5.69 Å². The number of nitrogens with zero attached hydrogens (tertiary/aromatic N) is 4. The molecule has 0 aliphatic heterocycles. The summed E-state index contributed by atoms with van der Waals surface area (Å²) >= 11 is 6.20. The summed E-state index contributed by atoms with van der Waals surface area (Å²) in [6.45, 7) is 4.40. The molecular formula is C22H29ClN6O4S. The summed E-state index contributed by atoms with van der Waals surface area (Å²) in [6.07, 6.45) is 5.42. The van der Waals surface area contributed by atoms with Crippen molar-refractivity contribution in [2.24, 2.45) is 5.14 Å². The van der Waals surface area contributed by atoms with Crippen LogP contribution in [0.25, 0.3) is 11.2 Å². The number of primary sulfonamides is 1. The van der Waals surface area contributed by atoms with E-state index in [0.29, 0.717) is 29.2 Å². The van der Waals surface area contributed by atoms with Crippen LogP contribution < -0.4 is 21.7 Å². The molecule has 4 rings (SSSR count). The van der Waals surface area contributed by atoms with Crippen molar-refractivity contribution >= 4 is 38.7 Å². The Morgan fingerprint density at radius 2 is 1.76 bits per heavy atom. The molecule has 34 heavy (non-hydrogen) atoms. The van der Waals surface area contributed by atoms with Crippen molar-refractivity contribution < 1.29 is 8.42 Å². The molecule has 1 fully saturated rings. The molecule has 0 saturated heterocycles. The second kappa shape index (κ2) is 9.55. The molecular weight excluding hydrogens is 480 g/mol. The first-order valence-corrected chi connectivity index (χ1v) is 13.4. The smallest absolute Gasteiger partial charge is 0.332 e. The number of fused-ring (bicyclic) bond motifs is 1. The molecule has 0 radical (unpaired) electrons. The Morgan fingerprint density at radius 1 is 1.09 bits per heavy atom. The summed E-state index contributed by atoms with van der Waals surface area (Å²) < 4.78 is 27.9. The summed E-state index contributed by atoms with van der Waals surface area (Å²) in [5, 5.41) is 8.72. The Balaban J connectivity index is 1.90. The van der Waals surface area contributed by atoms with Crippen molar-refractivity contribution in [2.45, 2.75) is 76.5 Å². The number of aromatic nitrogens is 4. The maximum absolute atomic E-state index is 13.4. The zero-order chi connectivity index (χ0) is 24.6. The van der Waals surface area contributed by atoms with E-state index in [1.165, 1.54) is 27.7 Å². The van der Waals surface area contributed by atoms with Crippen LogP contribution in [0.2, 0.25) is 5.02 Å². The van der Waals surface area contributed by atoms with Gasteiger partial charge in [0.2, 0.25) is 16.0 Å². The summed E-state index contributed by atoms with van der Waals surface area (Å²) in [7, 11) is -3.96. The third-order valence-corrected chi connectivity index (χ3v) is 7.72. The highest BCUT2D eigenvalue weighted by Gasteiger charge is 2.24. The van der Waals surface area contributed by atoms with Crippen molar-refractivity contribution in [3.8, 4) is 0 Å². The predicted molar refractivity (Wildman–Crippen MR) is 132 cm³/mol. The lowest BCUT2D eigenvalue weighted by Gasteiger charge is -2.23. The van der Waals surface area contributed by atoms with Gasteiger partial charge in [0, 0.05) is 19.1 Å². The third-order valence-electron chi connectivity index (χ3n) is 6.33. The summed E-state index contributed by atoms with van der Waals surface area (Å²) in [4.78, 5) is 30.8. The normalized spacial score (nSPS) is 15.2. The lowest BCUT2D eigenvalue weighted by Crippen LogP contribution is -2.40. The molecule has 0 amide bonds. The number of hydrogen-bond donors (Lipinski definition) is 2. The molecule has 0 unspecified atom stereocenters. The predicted octanol–water partition coefficient (Wildman–Crippen LogP) is 2.49. The Bertz CT molecular complexity index is 1450. The fraction of sp³-hybridized carbons (Fsp3) is 0.500. The average Bonchev–Trinajstić information content (AvgIpc) is 3.12. The number of halogens is 1. The van der Waals surface area contributed by atoms with Gasteiger partial charge in [0.1, 0.15) is 4.90 Å². The molecule has 2 heterocycles. The molecule has 1 aliphatic carbocycles. The van der Waals surface area contributed by atoms with E-state index >= 15 is 0 Å². The van der Waals surface area contributed by atoms with Gasteiger partial charge in [-0.1, -0.05) is 36.9 Å². The van der Waals surface area contributed by atoms with Crippen molar-refractivity contribution in [1.82, 2.24) is 18.7 Å². The molecule has 12 heteroatoms. The van der Waals surface area contributed by atoms with Gasteiger partial charge in [-0.25, -0.2) is 18.4 Å². The Labute approximate surface area is 202 Å². The quantitative estimate of drug-likeness (QED) is 0.503. The zero-order valence-corrected chi connectivity index (χ0v) is 20.8. The zero-order valence-electron chi connectivity index (χ0n) is 19.3. The number of nitrogens with two attached hydrogens (primary N) is 1. The average molecular weight is 509 g/mol. The number of hydrogen-bond acceptors (Lipinski definition) is 6. The van der Waals surface area contributed by atoms with Crippen LogP contribution in [0.15, 0.2) is 32.7 Å². The number of nitrogens with one attached hydrogen (secondary N) is 1. The van der Waals surface area contributed by atoms with E-state index in [1.54, 1.807) is 17.6 Å². The van der Waals surface area contributed by atoms with Crippen LogP contribution in [0.5, 0.6) is 0 Å². The molecule has 3 N–H and O–H groups in total. The minimum absolute atomic E-state index is 0.00245. The number of imidazole rings is 1. The van der Waals surface area contributed by atoms with Crippen LogP contribution in [0.1, 0.15) is 51.5 Å². The third kappa shape index (κ3) is 4.51. The molecule has 0 atom stereocenters. The van der Waals surface area contributed by atoms with E-state index in [-0.39, 0.29) is 29.0 Å². The van der Waals surface area contributed by atoms with Crippen LogP contribution in [0.3, 0.4) is 0 Å². The maximum atomic E-state index is 13.4. The monoisotopic (exact) mass is 508 g/mol. The lowest BCUT2D eigenvalue weighted by molar-refractivity contribution is 0.459. The number of anilines is 1. The molecule has 1 saturated carbocycles. The van der Waals surface area contributed by atoms with Crippen LogP contribution in [-0.4, -0.2) is 33.1 Å². The van der Waals surface area contributed by atoms with Crippen molar-refractivity contribution in [2.75, 3.05) is 5.32 Å². The lowest BCUT2D eigenvalue weighted by atomic mass is 9.96. The van der Waals surface area contributed by atoms with Crippen molar-refractivity contribution in [3.05, 3.63) is 49.6 Å². The van der Waals surface area contributed by atoms with E-state index < -0.39 is 21.3 Å². The van der Waals surface area contributed by atoms with Crippen molar-refractivity contribution in [3.63, 3.8) is 0 Å². The van der Waals surface area contributed by atoms with Gasteiger partial charge in [0.05, 0.1) is 11.6 Å². The van der Waals surface area contributed by atoms with Crippen LogP contribution in [-0.2, 0) is 29.7 Å². The van der Waals surface area contributed by atoms with Gasteiger partial charge in [0.25, 0.3) is 5.56 Å². The fourth-order valence-electron chi connectivity index (χ4n) is 4.60. The van der Waals surface area contributed by atoms with Gasteiger partial charge in [-0.3, -0.25) is 18.5 Å². The maximum Gasteiger partial charge on any atom is 0.332 e. The van der Waals surface area contributed by atoms with E-state index in [0.717, 1.165) is 25.7 Å². The van der Waals surface area contributed by atoms with E-state index in [2.05, 4.69) is 5.32 Å². The second-order valence-electron chi connectivity index (χ2n) is 8.56. The van der Waals surface area contributed by atoms with Crippen LogP contribution in [0.4, 0.5) is 5.95 Å². The number of benzene rings is 1. The Hall–Kier alpha value is -2.63. The molecule has 3 aromatic rings. The first-order valence-electron chi connectivity index (χ1n) is 11.5. The van der Waals surface area contributed by atoms with Gasteiger partial charge < -0.3 is 5.32 Å². The van der Waals surface area contributed by atoms with Gasteiger partial charge in [0.15, 0.2) is 11.2 Å². The summed E-state index contributed by atoms with van der Waals surface area (Å²) in [5.41, 5.74) is 0.502. The molecule has 10 nitrogen and oxygen atoms in total. The van der Waals surface area contributed by atoms with Crippen LogP contribution in [0, 0.1) is 0 Å². The Kier molecular flexibility index (Phi) is 6.88. The van der Waals surface area contributed by atoms with E-state index in [9.17, 15) is 18.0 Å². The number of aryl methyl sites for hydroxylation is 1. The van der Waals surface area contributed by atoms with Crippen LogP contribution >= 0.6 is 11.6 Å².